The first-order chi connectivity index (χ1) is 11.9. The zero-order chi connectivity index (χ0) is 18.0. The number of hydrogen-bond donors (Lipinski definition) is 2. The Hall–Kier alpha value is -1.64. The average molecular weight is 366 g/mol. The Morgan fingerprint density at radius 1 is 1.40 bits per heavy atom. The molecular weight excluding hydrogens is 340 g/mol. The molecule has 3 heterocycles. The normalized spacial score (nSPS) is 18.5. The minimum absolute atomic E-state index is 0.107. The Balaban J connectivity index is 1.77. The number of H-pyrrole nitrogens is 1. The standard InChI is InChI=1S/C17H26N4O3S/c1-12-6-8-21(9-7-12)15(16-5-4-10-24-16)11-18-25(22,23)17-13(2)19-20-14(17)3/h4-5,10,12,15,18H,6-9,11H2,1-3H3,(H,19,20). The van der Waals surface area contributed by atoms with Crippen molar-refractivity contribution in [1.82, 2.24) is 19.8 Å². The summed E-state index contributed by atoms with van der Waals surface area (Å²) in [5, 5.41) is 6.71. The van der Waals surface area contributed by atoms with Crippen molar-refractivity contribution in [2.75, 3.05) is 19.6 Å². The van der Waals surface area contributed by atoms with Gasteiger partial charge in [0.15, 0.2) is 0 Å². The summed E-state index contributed by atoms with van der Waals surface area (Å²) in [4.78, 5) is 2.54. The molecule has 0 radical (unpaired) electrons. The fourth-order valence-corrected chi connectivity index (χ4v) is 4.83. The molecule has 2 N–H and O–H groups in total. The molecule has 0 saturated carbocycles. The van der Waals surface area contributed by atoms with E-state index < -0.39 is 10.0 Å². The Labute approximate surface area is 148 Å². The second-order valence-electron chi connectivity index (χ2n) is 6.86. The van der Waals surface area contributed by atoms with E-state index in [1.807, 2.05) is 12.1 Å². The Bertz CT molecular complexity index is 770. The van der Waals surface area contributed by atoms with Crippen LogP contribution in [0, 0.1) is 19.8 Å². The fraction of sp³-hybridized carbons (Fsp3) is 0.588. The number of nitrogens with one attached hydrogen (secondary N) is 2. The Morgan fingerprint density at radius 3 is 2.68 bits per heavy atom. The van der Waals surface area contributed by atoms with Gasteiger partial charge in [-0.15, -0.1) is 0 Å². The van der Waals surface area contributed by atoms with E-state index in [2.05, 4.69) is 26.7 Å². The smallest absolute Gasteiger partial charge is 0.244 e. The van der Waals surface area contributed by atoms with Gasteiger partial charge in [-0.2, -0.15) is 5.10 Å². The van der Waals surface area contributed by atoms with Gasteiger partial charge in [0, 0.05) is 6.54 Å². The number of furan rings is 1. The van der Waals surface area contributed by atoms with E-state index in [0.29, 0.717) is 17.3 Å². The molecule has 7 nitrogen and oxygen atoms in total. The summed E-state index contributed by atoms with van der Waals surface area (Å²) >= 11 is 0. The van der Waals surface area contributed by atoms with Crippen molar-refractivity contribution in [3.05, 3.63) is 35.5 Å². The third kappa shape index (κ3) is 3.96. The van der Waals surface area contributed by atoms with Crippen LogP contribution in [0.1, 0.15) is 43.0 Å². The summed E-state index contributed by atoms with van der Waals surface area (Å²) in [6.07, 6.45) is 3.86. The highest BCUT2D eigenvalue weighted by Crippen LogP contribution is 2.27. The zero-order valence-corrected chi connectivity index (χ0v) is 15.8. The highest BCUT2D eigenvalue weighted by Gasteiger charge is 2.29. The monoisotopic (exact) mass is 366 g/mol. The van der Waals surface area contributed by atoms with E-state index in [4.69, 9.17) is 4.42 Å². The minimum Gasteiger partial charge on any atom is -0.468 e. The van der Waals surface area contributed by atoms with E-state index in [9.17, 15) is 8.42 Å². The summed E-state index contributed by atoms with van der Waals surface area (Å²) in [5.41, 5.74) is 1.03. The van der Waals surface area contributed by atoms with Crippen LogP contribution in [0.25, 0.3) is 0 Å². The number of sulfonamides is 1. The molecule has 0 aliphatic carbocycles. The number of rotatable bonds is 6. The summed E-state index contributed by atoms with van der Waals surface area (Å²) < 4.78 is 33.8. The summed E-state index contributed by atoms with van der Waals surface area (Å²) in [5.74, 6) is 1.50. The third-order valence-electron chi connectivity index (χ3n) is 4.93. The Kier molecular flexibility index (Phi) is 5.31. The molecule has 8 heteroatoms. The third-order valence-corrected chi connectivity index (χ3v) is 6.61. The van der Waals surface area contributed by atoms with E-state index in [-0.39, 0.29) is 17.5 Å². The summed E-state index contributed by atoms with van der Waals surface area (Å²) in [7, 11) is -3.63. The quantitative estimate of drug-likeness (QED) is 0.819. The van der Waals surface area contributed by atoms with Crippen LogP contribution in [0.4, 0.5) is 0 Å². The first kappa shape index (κ1) is 18.2. The predicted octanol–water partition coefficient (Wildman–Crippen LogP) is 2.37. The van der Waals surface area contributed by atoms with Crippen molar-refractivity contribution in [1.29, 1.82) is 0 Å². The summed E-state index contributed by atoms with van der Waals surface area (Å²) in [6, 6.07) is 3.64. The minimum atomic E-state index is -3.63. The van der Waals surface area contributed by atoms with Crippen molar-refractivity contribution < 1.29 is 12.8 Å². The molecule has 1 fully saturated rings. The SMILES string of the molecule is Cc1n[nH]c(C)c1S(=O)(=O)NCC(c1ccco1)N1CCC(C)CC1. The van der Waals surface area contributed by atoms with Gasteiger partial charge < -0.3 is 4.42 Å². The van der Waals surface area contributed by atoms with Crippen molar-refractivity contribution >= 4 is 10.0 Å². The fourth-order valence-electron chi connectivity index (χ4n) is 3.43. The van der Waals surface area contributed by atoms with Crippen LogP contribution in [0.2, 0.25) is 0 Å². The number of aromatic amines is 1. The summed E-state index contributed by atoms with van der Waals surface area (Å²) in [6.45, 7) is 7.81. The topological polar surface area (TPSA) is 91.2 Å². The molecule has 1 saturated heterocycles. The van der Waals surface area contributed by atoms with Crippen LogP contribution >= 0.6 is 0 Å². The van der Waals surface area contributed by atoms with Crippen LogP contribution < -0.4 is 4.72 Å². The highest BCUT2D eigenvalue weighted by molar-refractivity contribution is 7.89. The second-order valence-corrected chi connectivity index (χ2v) is 8.57. The number of aryl methyl sites for hydroxylation is 2. The average Bonchev–Trinajstić information content (AvgIpc) is 3.19. The van der Waals surface area contributed by atoms with Gasteiger partial charge in [-0.3, -0.25) is 10.00 Å². The van der Waals surface area contributed by atoms with Crippen LogP contribution in [0.5, 0.6) is 0 Å². The van der Waals surface area contributed by atoms with Gasteiger partial charge in [0.2, 0.25) is 10.0 Å². The Morgan fingerprint density at radius 2 is 2.12 bits per heavy atom. The van der Waals surface area contributed by atoms with Crippen LogP contribution in [0.3, 0.4) is 0 Å². The second kappa shape index (κ2) is 7.31. The van der Waals surface area contributed by atoms with Crippen LogP contribution in [-0.4, -0.2) is 43.1 Å². The molecular formula is C17H26N4O3S. The number of hydrogen-bond acceptors (Lipinski definition) is 5. The number of piperidine rings is 1. The lowest BCUT2D eigenvalue weighted by atomic mass is 9.97. The largest absolute Gasteiger partial charge is 0.468 e. The maximum absolute atomic E-state index is 12.7. The molecule has 1 aliphatic rings. The molecule has 0 spiro atoms. The molecule has 1 unspecified atom stereocenters. The molecule has 138 valence electrons. The molecule has 2 aromatic rings. The highest BCUT2D eigenvalue weighted by atomic mass is 32.2. The van der Waals surface area contributed by atoms with Gasteiger partial charge in [-0.1, -0.05) is 6.92 Å². The number of likely N-dealkylation sites (tertiary alicyclic amines) is 1. The lowest BCUT2D eigenvalue weighted by Crippen LogP contribution is -2.41. The molecule has 25 heavy (non-hydrogen) atoms. The number of nitrogens with zero attached hydrogens (tertiary/aromatic N) is 2. The van der Waals surface area contributed by atoms with Crippen LogP contribution in [0.15, 0.2) is 27.7 Å². The molecule has 0 aromatic carbocycles. The van der Waals surface area contributed by atoms with E-state index in [0.717, 1.165) is 31.7 Å². The predicted molar refractivity (Wildman–Crippen MR) is 94.7 cm³/mol. The van der Waals surface area contributed by atoms with Crippen LogP contribution in [-0.2, 0) is 10.0 Å². The van der Waals surface area contributed by atoms with Crippen molar-refractivity contribution in [2.45, 2.75) is 44.6 Å². The molecule has 1 atom stereocenters. The van der Waals surface area contributed by atoms with Gasteiger partial charge in [0.25, 0.3) is 0 Å². The van der Waals surface area contributed by atoms with Crippen molar-refractivity contribution in [2.24, 2.45) is 5.92 Å². The molecule has 0 amide bonds. The maximum atomic E-state index is 12.7. The lowest BCUT2D eigenvalue weighted by Gasteiger charge is -2.35. The van der Waals surface area contributed by atoms with Gasteiger partial charge in [0.05, 0.1) is 23.7 Å². The zero-order valence-electron chi connectivity index (χ0n) is 14.9. The molecule has 3 rings (SSSR count). The maximum Gasteiger partial charge on any atom is 0.244 e. The first-order valence-corrected chi connectivity index (χ1v) is 10.2. The first-order valence-electron chi connectivity index (χ1n) is 8.67. The van der Waals surface area contributed by atoms with Gasteiger partial charge >= 0.3 is 0 Å². The molecule has 2 aromatic heterocycles. The molecule has 1 aliphatic heterocycles. The van der Waals surface area contributed by atoms with Gasteiger partial charge in [-0.25, -0.2) is 13.1 Å². The van der Waals surface area contributed by atoms with E-state index in [1.54, 1.807) is 20.1 Å². The van der Waals surface area contributed by atoms with E-state index in [1.165, 1.54) is 0 Å². The van der Waals surface area contributed by atoms with Gasteiger partial charge in [-0.05, 0) is 57.8 Å². The lowest BCUT2D eigenvalue weighted by molar-refractivity contribution is 0.125. The van der Waals surface area contributed by atoms with Gasteiger partial charge in [0.1, 0.15) is 10.7 Å². The molecule has 0 bridgehead atoms. The number of aromatic nitrogens is 2. The van der Waals surface area contributed by atoms with E-state index >= 15 is 0 Å². The van der Waals surface area contributed by atoms with Crippen molar-refractivity contribution in [3.8, 4) is 0 Å². The van der Waals surface area contributed by atoms with Crippen molar-refractivity contribution in [3.63, 3.8) is 0 Å².